The molecule has 2 amide bonds. The lowest BCUT2D eigenvalue weighted by atomic mass is 9.95. The van der Waals surface area contributed by atoms with Crippen molar-refractivity contribution in [2.75, 3.05) is 38.1 Å². The molecule has 9 heteroatoms. The van der Waals surface area contributed by atoms with Crippen molar-refractivity contribution < 1.29 is 22.7 Å². The SMILES string of the molecule is COCCNC(=O)C1CCN(C(=O)c2ccc(NS(=O)(=O)c3ccccc3)cc2)CC1. The highest BCUT2D eigenvalue weighted by Crippen LogP contribution is 2.21. The Bertz CT molecular complexity index is 986. The number of nitrogens with zero attached hydrogens (tertiary/aromatic N) is 1. The Balaban J connectivity index is 1.55. The predicted molar refractivity (Wildman–Crippen MR) is 117 cm³/mol. The number of amides is 2. The van der Waals surface area contributed by atoms with Crippen LogP contribution in [-0.2, 0) is 19.6 Å². The number of hydrogen-bond donors (Lipinski definition) is 2. The summed E-state index contributed by atoms with van der Waals surface area (Å²) in [4.78, 5) is 26.8. The van der Waals surface area contributed by atoms with Crippen molar-refractivity contribution in [2.24, 2.45) is 5.92 Å². The fourth-order valence-corrected chi connectivity index (χ4v) is 4.52. The Morgan fingerprint density at radius 2 is 1.68 bits per heavy atom. The minimum absolute atomic E-state index is 0.000739. The lowest BCUT2D eigenvalue weighted by Gasteiger charge is -2.31. The van der Waals surface area contributed by atoms with Gasteiger partial charge in [0.1, 0.15) is 0 Å². The minimum Gasteiger partial charge on any atom is -0.383 e. The van der Waals surface area contributed by atoms with Crippen LogP contribution in [-0.4, -0.2) is 58.5 Å². The smallest absolute Gasteiger partial charge is 0.261 e. The van der Waals surface area contributed by atoms with E-state index in [2.05, 4.69) is 10.0 Å². The van der Waals surface area contributed by atoms with Gasteiger partial charge in [-0.15, -0.1) is 0 Å². The molecule has 31 heavy (non-hydrogen) atoms. The maximum absolute atomic E-state index is 12.8. The molecule has 1 aliphatic rings. The summed E-state index contributed by atoms with van der Waals surface area (Å²) in [5.74, 6) is -0.231. The average Bonchev–Trinajstić information content (AvgIpc) is 2.80. The van der Waals surface area contributed by atoms with E-state index in [1.807, 2.05) is 0 Å². The number of rotatable bonds is 8. The number of carbonyl (C=O) groups excluding carboxylic acids is 2. The molecule has 1 aliphatic heterocycles. The van der Waals surface area contributed by atoms with Crippen LogP contribution in [0.1, 0.15) is 23.2 Å². The summed E-state index contributed by atoms with van der Waals surface area (Å²) in [7, 11) is -2.10. The van der Waals surface area contributed by atoms with Gasteiger partial charge in [-0.05, 0) is 49.2 Å². The second kappa shape index (κ2) is 10.4. The van der Waals surface area contributed by atoms with E-state index in [-0.39, 0.29) is 22.6 Å². The van der Waals surface area contributed by atoms with E-state index in [1.165, 1.54) is 12.1 Å². The zero-order valence-corrected chi connectivity index (χ0v) is 18.2. The number of ether oxygens (including phenoxy) is 1. The Kier molecular flexibility index (Phi) is 7.64. The van der Waals surface area contributed by atoms with Crippen molar-refractivity contribution in [3.05, 3.63) is 60.2 Å². The summed E-state index contributed by atoms with van der Waals surface area (Å²) < 4.78 is 32.3. The number of hydrogen-bond acceptors (Lipinski definition) is 5. The number of nitrogens with one attached hydrogen (secondary N) is 2. The highest BCUT2D eigenvalue weighted by Gasteiger charge is 2.27. The first-order valence-electron chi connectivity index (χ1n) is 10.1. The maximum atomic E-state index is 12.8. The topological polar surface area (TPSA) is 105 Å². The first-order valence-corrected chi connectivity index (χ1v) is 11.6. The van der Waals surface area contributed by atoms with Crippen molar-refractivity contribution in [1.29, 1.82) is 0 Å². The number of sulfonamides is 1. The highest BCUT2D eigenvalue weighted by molar-refractivity contribution is 7.92. The molecule has 0 radical (unpaired) electrons. The third kappa shape index (κ3) is 6.05. The van der Waals surface area contributed by atoms with Crippen LogP contribution in [0.3, 0.4) is 0 Å². The van der Waals surface area contributed by atoms with Gasteiger partial charge >= 0.3 is 0 Å². The van der Waals surface area contributed by atoms with E-state index in [0.717, 1.165) is 0 Å². The van der Waals surface area contributed by atoms with E-state index in [9.17, 15) is 18.0 Å². The quantitative estimate of drug-likeness (QED) is 0.606. The molecular formula is C22H27N3O5S. The van der Waals surface area contributed by atoms with E-state index in [4.69, 9.17) is 4.74 Å². The van der Waals surface area contributed by atoms with E-state index < -0.39 is 10.0 Å². The lowest BCUT2D eigenvalue weighted by Crippen LogP contribution is -2.43. The van der Waals surface area contributed by atoms with Crippen LogP contribution >= 0.6 is 0 Å². The van der Waals surface area contributed by atoms with Gasteiger partial charge in [-0.2, -0.15) is 0 Å². The van der Waals surface area contributed by atoms with Crippen molar-refractivity contribution >= 4 is 27.5 Å². The van der Waals surface area contributed by atoms with Gasteiger partial charge in [-0.1, -0.05) is 18.2 Å². The predicted octanol–water partition coefficient (Wildman–Crippen LogP) is 2.10. The van der Waals surface area contributed by atoms with Gasteiger partial charge in [0.15, 0.2) is 0 Å². The summed E-state index contributed by atoms with van der Waals surface area (Å²) in [6.45, 7) is 1.96. The molecule has 2 aromatic rings. The van der Waals surface area contributed by atoms with Gasteiger partial charge in [0.25, 0.3) is 15.9 Å². The largest absolute Gasteiger partial charge is 0.383 e. The fourth-order valence-electron chi connectivity index (χ4n) is 3.44. The van der Waals surface area contributed by atoms with Crippen LogP contribution in [0.25, 0.3) is 0 Å². The third-order valence-electron chi connectivity index (χ3n) is 5.20. The number of benzene rings is 2. The molecule has 1 saturated heterocycles. The summed E-state index contributed by atoms with van der Waals surface area (Å²) in [5.41, 5.74) is 0.859. The number of piperidine rings is 1. The second-order valence-corrected chi connectivity index (χ2v) is 9.03. The number of methoxy groups -OCH3 is 1. The van der Waals surface area contributed by atoms with E-state index in [0.29, 0.717) is 50.3 Å². The van der Waals surface area contributed by atoms with Crippen LogP contribution in [0.15, 0.2) is 59.5 Å². The molecule has 3 rings (SSSR count). The summed E-state index contributed by atoms with van der Waals surface area (Å²) in [6.07, 6.45) is 1.22. The van der Waals surface area contributed by atoms with Gasteiger partial charge in [-0.25, -0.2) is 8.42 Å². The molecule has 1 fully saturated rings. The Labute approximate surface area is 182 Å². The van der Waals surface area contributed by atoms with Crippen LogP contribution in [0.5, 0.6) is 0 Å². The van der Waals surface area contributed by atoms with Gasteiger partial charge < -0.3 is 15.0 Å². The van der Waals surface area contributed by atoms with Crippen LogP contribution in [0.2, 0.25) is 0 Å². The van der Waals surface area contributed by atoms with Crippen LogP contribution in [0, 0.1) is 5.92 Å². The first kappa shape index (κ1) is 22.8. The van der Waals surface area contributed by atoms with Gasteiger partial charge in [0.2, 0.25) is 5.91 Å². The third-order valence-corrected chi connectivity index (χ3v) is 6.59. The van der Waals surface area contributed by atoms with Crippen molar-refractivity contribution in [2.45, 2.75) is 17.7 Å². The van der Waals surface area contributed by atoms with Crippen molar-refractivity contribution in [3.63, 3.8) is 0 Å². The number of likely N-dealkylation sites (tertiary alicyclic amines) is 1. The Morgan fingerprint density at radius 3 is 2.29 bits per heavy atom. The average molecular weight is 446 g/mol. The normalized spacial score (nSPS) is 14.8. The first-order chi connectivity index (χ1) is 14.9. The van der Waals surface area contributed by atoms with Crippen LogP contribution < -0.4 is 10.0 Å². The standard InChI is InChI=1S/C22H27N3O5S/c1-30-16-13-23-21(26)17-11-14-25(15-12-17)22(27)18-7-9-19(10-8-18)24-31(28,29)20-5-3-2-4-6-20/h2-10,17,24H,11-16H2,1H3,(H,23,26). The number of carbonyl (C=O) groups is 2. The maximum Gasteiger partial charge on any atom is 0.261 e. The molecule has 2 N–H and O–H groups in total. The highest BCUT2D eigenvalue weighted by atomic mass is 32.2. The van der Waals surface area contributed by atoms with Crippen molar-refractivity contribution in [3.8, 4) is 0 Å². The Morgan fingerprint density at radius 1 is 1.03 bits per heavy atom. The molecular weight excluding hydrogens is 418 g/mol. The number of anilines is 1. The lowest BCUT2D eigenvalue weighted by molar-refractivity contribution is -0.126. The summed E-state index contributed by atoms with van der Waals surface area (Å²) >= 11 is 0. The molecule has 0 bridgehead atoms. The molecule has 0 aromatic heterocycles. The zero-order valence-electron chi connectivity index (χ0n) is 17.4. The molecule has 0 unspecified atom stereocenters. The molecule has 0 aliphatic carbocycles. The molecule has 0 atom stereocenters. The van der Waals surface area contributed by atoms with Gasteiger partial charge in [-0.3, -0.25) is 14.3 Å². The summed E-state index contributed by atoms with van der Waals surface area (Å²) in [5, 5.41) is 2.84. The van der Waals surface area contributed by atoms with Gasteiger partial charge in [0.05, 0.1) is 11.5 Å². The fraction of sp³-hybridized carbons (Fsp3) is 0.364. The molecule has 8 nitrogen and oxygen atoms in total. The zero-order chi connectivity index (χ0) is 22.3. The van der Waals surface area contributed by atoms with Gasteiger partial charge in [0, 0.05) is 43.9 Å². The molecule has 166 valence electrons. The molecule has 0 saturated carbocycles. The Hall–Kier alpha value is -2.91. The van der Waals surface area contributed by atoms with E-state index >= 15 is 0 Å². The van der Waals surface area contributed by atoms with Crippen molar-refractivity contribution in [1.82, 2.24) is 10.2 Å². The monoisotopic (exact) mass is 445 g/mol. The van der Waals surface area contributed by atoms with Crippen LogP contribution in [0.4, 0.5) is 5.69 Å². The molecule has 2 aromatic carbocycles. The van der Waals surface area contributed by atoms with E-state index in [1.54, 1.807) is 54.5 Å². The summed E-state index contributed by atoms with van der Waals surface area (Å²) in [6, 6.07) is 14.4. The second-order valence-electron chi connectivity index (χ2n) is 7.35. The molecule has 0 spiro atoms. The minimum atomic E-state index is -3.68. The molecule has 1 heterocycles.